The van der Waals surface area contributed by atoms with Crippen LogP contribution in [0.4, 0.5) is 5.69 Å². The number of aliphatic imine (C=N–C) groups is 1. The van der Waals surface area contributed by atoms with E-state index in [4.69, 9.17) is 10.3 Å². The first kappa shape index (κ1) is 12.2. The fourth-order valence-corrected chi connectivity index (χ4v) is 2.28. The van der Waals surface area contributed by atoms with E-state index in [2.05, 4.69) is 19.7 Å². The smallest absolute Gasteiger partial charge is 0.299 e. The summed E-state index contributed by atoms with van der Waals surface area (Å²) >= 11 is 0. The van der Waals surface area contributed by atoms with Crippen LogP contribution < -0.4 is 4.72 Å². The molecule has 0 aliphatic carbocycles. The van der Waals surface area contributed by atoms with E-state index < -0.39 is 10.0 Å². The van der Waals surface area contributed by atoms with Gasteiger partial charge in [-0.2, -0.15) is 0 Å². The van der Waals surface area contributed by atoms with Crippen LogP contribution in [0.1, 0.15) is 0 Å². The van der Waals surface area contributed by atoms with Crippen molar-refractivity contribution in [3.05, 3.63) is 34.7 Å². The normalized spacial score (nSPS) is 14.3. The molecule has 1 N–H and O–H groups in total. The molecule has 8 nitrogen and oxygen atoms in total. The summed E-state index contributed by atoms with van der Waals surface area (Å²) in [5, 5.41) is 3.35. The zero-order chi connectivity index (χ0) is 13.0. The van der Waals surface area contributed by atoms with Gasteiger partial charge in [-0.25, -0.2) is 18.1 Å². The van der Waals surface area contributed by atoms with Crippen LogP contribution in [0.25, 0.3) is 10.4 Å². The number of ether oxygens (including phenoxy) is 1. The Morgan fingerprint density at radius 3 is 2.67 bits per heavy atom. The van der Waals surface area contributed by atoms with E-state index in [-0.39, 0.29) is 10.9 Å². The first-order valence-corrected chi connectivity index (χ1v) is 6.45. The number of nitrogens with one attached hydrogen (secondary N) is 1. The second-order valence-corrected chi connectivity index (χ2v) is 5.01. The summed E-state index contributed by atoms with van der Waals surface area (Å²) in [6, 6.07) is 5.48. The first-order chi connectivity index (χ1) is 8.62. The van der Waals surface area contributed by atoms with Crippen LogP contribution in [0, 0.1) is 0 Å². The van der Waals surface area contributed by atoms with Crippen molar-refractivity contribution in [3.8, 4) is 0 Å². The Hall–Kier alpha value is -2.25. The molecule has 9 heteroatoms. The standard InChI is InChI=1S/C9H9N5O3S/c10-14-12-7-1-3-8(4-2-7)18(15,16)13-9-11-5-6-17-9/h1-4H,5-6H2,(H,11,13). The Morgan fingerprint density at radius 2 is 2.11 bits per heavy atom. The summed E-state index contributed by atoms with van der Waals surface area (Å²) in [6.45, 7) is 0.807. The van der Waals surface area contributed by atoms with Gasteiger partial charge < -0.3 is 4.74 Å². The van der Waals surface area contributed by atoms with Gasteiger partial charge in [-0.15, -0.1) is 0 Å². The maximum Gasteiger partial charge on any atom is 0.299 e. The van der Waals surface area contributed by atoms with Crippen molar-refractivity contribution in [1.82, 2.24) is 4.72 Å². The number of nitrogens with zero attached hydrogens (tertiary/aromatic N) is 4. The Bertz CT molecular complexity index is 616. The summed E-state index contributed by atoms with van der Waals surface area (Å²) in [5.41, 5.74) is 8.57. The van der Waals surface area contributed by atoms with E-state index in [1.54, 1.807) is 0 Å². The van der Waals surface area contributed by atoms with E-state index in [0.29, 0.717) is 18.8 Å². The second kappa shape index (κ2) is 4.94. The number of benzene rings is 1. The molecule has 0 fully saturated rings. The third kappa shape index (κ3) is 2.70. The summed E-state index contributed by atoms with van der Waals surface area (Å²) in [7, 11) is -3.72. The lowest BCUT2D eigenvalue weighted by atomic mass is 10.3. The van der Waals surface area contributed by atoms with Gasteiger partial charge in [0.2, 0.25) is 0 Å². The zero-order valence-electron chi connectivity index (χ0n) is 9.15. The van der Waals surface area contributed by atoms with E-state index in [1.807, 2.05) is 0 Å². The molecule has 94 valence electrons. The molecule has 0 atom stereocenters. The first-order valence-electron chi connectivity index (χ1n) is 4.97. The quantitative estimate of drug-likeness (QED) is 0.505. The molecule has 2 rings (SSSR count). The molecule has 0 saturated heterocycles. The highest BCUT2D eigenvalue weighted by Crippen LogP contribution is 2.16. The molecule has 1 aromatic carbocycles. The third-order valence-corrected chi connectivity index (χ3v) is 3.45. The third-order valence-electron chi connectivity index (χ3n) is 2.11. The van der Waals surface area contributed by atoms with E-state index >= 15 is 0 Å². The molecule has 1 heterocycles. The van der Waals surface area contributed by atoms with Crippen molar-refractivity contribution in [3.63, 3.8) is 0 Å². The SMILES string of the molecule is [N-]=[N+]=Nc1ccc(S(=O)(=O)NC2=NCCO2)cc1. The van der Waals surface area contributed by atoms with Crippen molar-refractivity contribution < 1.29 is 13.2 Å². The number of hydrogen-bond acceptors (Lipinski definition) is 5. The molecule has 0 saturated carbocycles. The molecule has 0 bridgehead atoms. The minimum Gasteiger partial charge on any atom is -0.463 e. The van der Waals surface area contributed by atoms with Crippen LogP contribution in [0.2, 0.25) is 0 Å². The molecule has 0 amide bonds. The van der Waals surface area contributed by atoms with E-state index in [9.17, 15) is 8.42 Å². The average Bonchev–Trinajstić information content (AvgIpc) is 2.82. The van der Waals surface area contributed by atoms with Crippen LogP contribution in [0.3, 0.4) is 0 Å². The summed E-state index contributed by atoms with van der Waals surface area (Å²) in [5.74, 6) is 0. The topological polar surface area (TPSA) is 117 Å². The highest BCUT2D eigenvalue weighted by atomic mass is 32.2. The van der Waals surface area contributed by atoms with Gasteiger partial charge in [-0.1, -0.05) is 17.2 Å². The molecule has 0 unspecified atom stereocenters. The molecule has 1 aliphatic heterocycles. The minimum absolute atomic E-state index is 0.00544. The Labute approximate surface area is 103 Å². The second-order valence-electron chi connectivity index (χ2n) is 3.32. The van der Waals surface area contributed by atoms with Crippen LogP contribution in [0.15, 0.2) is 39.3 Å². The van der Waals surface area contributed by atoms with Crippen molar-refractivity contribution in [2.24, 2.45) is 10.1 Å². The molecule has 0 spiro atoms. The number of sulfonamides is 1. The van der Waals surface area contributed by atoms with Crippen LogP contribution in [-0.2, 0) is 14.8 Å². The monoisotopic (exact) mass is 267 g/mol. The van der Waals surface area contributed by atoms with Gasteiger partial charge in [0.15, 0.2) is 0 Å². The minimum atomic E-state index is -3.72. The van der Waals surface area contributed by atoms with Crippen molar-refractivity contribution in [2.45, 2.75) is 4.90 Å². The number of rotatable bonds is 3. The Balaban J connectivity index is 2.21. The molecular weight excluding hydrogens is 258 g/mol. The van der Waals surface area contributed by atoms with Crippen LogP contribution in [0.5, 0.6) is 0 Å². The van der Waals surface area contributed by atoms with E-state index in [1.165, 1.54) is 24.3 Å². The predicted molar refractivity (Wildman–Crippen MR) is 63.8 cm³/mol. The largest absolute Gasteiger partial charge is 0.463 e. The summed E-state index contributed by atoms with van der Waals surface area (Å²) in [6.07, 6.45) is 0. The summed E-state index contributed by atoms with van der Waals surface area (Å²) in [4.78, 5) is 6.47. The average molecular weight is 267 g/mol. The van der Waals surface area contributed by atoms with Gasteiger partial charge in [0.05, 0.1) is 11.4 Å². The van der Waals surface area contributed by atoms with E-state index in [0.717, 1.165) is 0 Å². The van der Waals surface area contributed by atoms with Gasteiger partial charge in [-0.05, 0) is 17.7 Å². The molecule has 0 aromatic heterocycles. The molecule has 18 heavy (non-hydrogen) atoms. The highest BCUT2D eigenvalue weighted by molar-refractivity contribution is 7.90. The number of hydrogen-bond donors (Lipinski definition) is 1. The van der Waals surface area contributed by atoms with Crippen molar-refractivity contribution in [2.75, 3.05) is 13.2 Å². The number of amidine groups is 1. The highest BCUT2D eigenvalue weighted by Gasteiger charge is 2.18. The number of azide groups is 1. The van der Waals surface area contributed by atoms with Gasteiger partial charge in [0.1, 0.15) is 6.61 Å². The lowest BCUT2D eigenvalue weighted by Crippen LogP contribution is -2.30. The molecule has 1 aromatic rings. The fraction of sp³-hybridized carbons (Fsp3) is 0.222. The summed E-state index contributed by atoms with van der Waals surface area (Å²) < 4.78 is 30.9. The lowest BCUT2D eigenvalue weighted by Gasteiger charge is -2.07. The lowest BCUT2D eigenvalue weighted by molar-refractivity contribution is 0.338. The van der Waals surface area contributed by atoms with Gasteiger partial charge in [0.25, 0.3) is 16.0 Å². The Kier molecular flexibility index (Phi) is 3.35. The van der Waals surface area contributed by atoms with Crippen LogP contribution >= 0.6 is 0 Å². The zero-order valence-corrected chi connectivity index (χ0v) is 9.96. The maximum absolute atomic E-state index is 11.9. The van der Waals surface area contributed by atoms with Gasteiger partial charge >= 0.3 is 0 Å². The van der Waals surface area contributed by atoms with Crippen molar-refractivity contribution in [1.29, 1.82) is 0 Å². The molecule has 1 aliphatic rings. The predicted octanol–water partition coefficient (Wildman–Crippen LogP) is 1.29. The van der Waals surface area contributed by atoms with Gasteiger partial charge in [0, 0.05) is 10.6 Å². The fourth-order valence-electron chi connectivity index (χ4n) is 1.31. The Morgan fingerprint density at radius 1 is 1.39 bits per heavy atom. The maximum atomic E-state index is 11.9. The van der Waals surface area contributed by atoms with Gasteiger partial charge in [-0.3, -0.25) is 0 Å². The van der Waals surface area contributed by atoms with Crippen LogP contribution in [-0.4, -0.2) is 27.6 Å². The molecular formula is C9H9N5O3S. The van der Waals surface area contributed by atoms with Crippen molar-refractivity contribution >= 4 is 21.7 Å². The molecule has 0 radical (unpaired) electrons.